The Labute approximate surface area is 103 Å². The van der Waals surface area contributed by atoms with Crippen molar-refractivity contribution in [3.8, 4) is 0 Å². The molecule has 0 aromatic heterocycles. The summed E-state index contributed by atoms with van der Waals surface area (Å²) in [4.78, 5) is 11.7. The fourth-order valence-corrected chi connectivity index (χ4v) is 1.53. The Balaban J connectivity index is 2.09. The van der Waals surface area contributed by atoms with Crippen molar-refractivity contribution < 1.29 is 13.6 Å². The number of carbonyl (C=O) groups excluding carboxylic acids is 1. The highest BCUT2D eigenvalue weighted by molar-refractivity contribution is 5.94. The Bertz CT molecular complexity index is 535. The Morgan fingerprint density at radius 3 is 2.50 bits per heavy atom. The van der Waals surface area contributed by atoms with E-state index < -0.39 is 23.1 Å². The third-order valence-corrected chi connectivity index (χ3v) is 2.41. The van der Waals surface area contributed by atoms with Crippen molar-refractivity contribution in [1.29, 1.82) is 0 Å². The van der Waals surface area contributed by atoms with Crippen LogP contribution in [0, 0.1) is 17.7 Å². The third-order valence-electron chi connectivity index (χ3n) is 2.41. The standard InChI is InChI=1S/C14H10F2NO/c15-11-7-4-8-12(16)13(11)14(18)17-9-10-5-2-1-3-6-10/h1-2,4-8H,9H2,(H,17,18). The van der Waals surface area contributed by atoms with E-state index in [1.165, 1.54) is 6.07 Å². The molecule has 0 atom stereocenters. The summed E-state index contributed by atoms with van der Waals surface area (Å²) in [7, 11) is 0. The van der Waals surface area contributed by atoms with Crippen LogP contribution in [0.4, 0.5) is 8.78 Å². The van der Waals surface area contributed by atoms with Crippen LogP contribution < -0.4 is 5.32 Å². The first-order valence-corrected chi connectivity index (χ1v) is 5.35. The summed E-state index contributed by atoms with van der Waals surface area (Å²) >= 11 is 0. The van der Waals surface area contributed by atoms with Crippen LogP contribution >= 0.6 is 0 Å². The molecule has 0 saturated heterocycles. The second-order valence-electron chi connectivity index (χ2n) is 3.69. The molecule has 1 radical (unpaired) electrons. The summed E-state index contributed by atoms with van der Waals surface area (Å²) in [5.74, 6) is -2.51. The molecule has 0 unspecified atom stereocenters. The van der Waals surface area contributed by atoms with Gasteiger partial charge in [0.2, 0.25) is 0 Å². The Kier molecular flexibility index (Phi) is 3.67. The topological polar surface area (TPSA) is 29.1 Å². The van der Waals surface area contributed by atoms with Crippen molar-refractivity contribution in [2.45, 2.75) is 6.54 Å². The molecule has 18 heavy (non-hydrogen) atoms. The van der Waals surface area contributed by atoms with Gasteiger partial charge in [-0.2, -0.15) is 0 Å². The van der Waals surface area contributed by atoms with Gasteiger partial charge in [-0.05, 0) is 29.8 Å². The van der Waals surface area contributed by atoms with Crippen molar-refractivity contribution in [3.63, 3.8) is 0 Å². The van der Waals surface area contributed by atoms with E-state index >= 15 is 0 Å². The Hall–Kier alpha value is -2.23. The highest BCUT2D eigenvalue weighted by atomic mass is 19.1. The van der Waals surface area contributed by atoms with Gasteiger partial charge in [-0.15, -0.1) is 0 Å². The lowest BCUT2D eigenvalue weighted by molar-refractivity contribution is 0.0942. The van der Waals surface area contributed by atoms with Gasteiger partial charge in [-0.1, -0.05) is 24.3 Å². The normalized spacial score (nSPS) is 10.1. The van der Waals surface area contributed by atoms with E-state index in [0.29, 0.717) is 0 Å². The molecule has 0 bridgehead atoms. The summed E-state index contributed by atoms with van der Waals surface area (Å²) in [5.41, 5.74) is 0.250. The minimum atomic E-state index is -0.868. The molecular formula is C14H10F2NO. The second-order valence-corrected chi connectivity index (χ2v) is 3.69. The molecule has 0 aliphatic heterocycles. The number of halogens is 2. The number of benzene rings is 2. The Morgan fingerprint density at radius 2 is 1.89 bits per heavy atom. The zero-order valence-corrected chi connectivity index (χ0v) is 9.41. The molecule has 91 valence electrons. The maximum absolute atomic E-state index is 13.3. The van der Waals surface area contributed by atoms with E-state index in [4.69, 9.17) is 0 Å². The van der Waals surface area contributed by atoms with Crippen LogP contribution in [0.1, 0.15) is 15.9 Å². The summed E-state index contributed by atoms with van der Waals surface area (Å²) in [5, 5.41) is 2.46. The minimum Gasteiger partial charge on any atom is -0.348 e. The summed E-state index contributed by atoms with van der Waals surface area (Å²) in [6.45, 7) is 0.198. The van der Waals surface area contributed by atoms with Crippen LogP contribution in [0.5, 0.6) is 0 Å². The van der Waals surface area contributed by atoms with E-state index in [-0.39, 0.29) is 6.54 Å². The Morgan fingerprint density at radius 1 is 1.17 bits per heavy atom. The van der Waals surface area contributed by atoms with Gasteiger partial charge in [0.25, 0.3) is 5.91 Å². The quantitative estimate of drug-likeness (QED) is 0.886. The lowest BCUT2D eigenvalue weighted by atomic mass is 10.1. The van der Waals surface area contributed by atoms with Gasteiger partial charge in [-0.3, -0.25) is 4.79 Å². The van der Waals surface area contributed by atoms with E-state index in [1.54, 1.807) is 24.3 Å². The monoisotopic (exact) mass is 246 g/mol. The van der Waals surface area contributed by atoms with Crippen molar-refractivity contribution in [3.05, 3.63) is 71.3 Å². The van der Waals surface area contributed by atoms with Crippen LogP contribution in [0.2, 0.25) is 0 Å². The molecule has 2 aromatic carbocycles. The molecule has 2 aromatic rings. The first-order chi connectivity index (χ1) is 8.68. The number of hydrogen-bond acceptors (Lipinski definition) is 1. The van der Waals surface area contributed by atoms with Gasteiger partial charge in [0.1, 0.15) is 17.2 Å². The molecule has 0 aliphatic rings. The predicted octanol–water partition coefficient (Wildman–Crippen LogP) is 2.69. The molecular weight excluding hydrogens is 236 g/mol. The largest absolute Gasteiger partial charge is 0.348 e. The van der Waals surface area contributed by atoms with E-state index in [9.17, 15) is 13.6 Å². The highest BCUT2D eigenvalue weighted by Gasteiger charge is 2.16. The van der Waals surface area contributed by atoms with Crippen LogP contribution in [0.25, 0.3) is 0 Å². The zero-order valence-electron chi connectivity index (χ0n) is 9.41. The summed E-state index contributed by atoms with van der Waals surface area (Å²) < 4.78 is 26.6. The molecule has 0 heterocycles. The smallest absolute Gasteiger partial charge is 0.257 e. The molecule has 1 amide bonds. The molecule has 0 spiro atoms. The van der Waals surface area contributed by atoms with Gasteiger partial charge in [-0.25, -0.2) is 8.78 Å². The van der Waals surface area contributed by atoms with E-state index in [0.717, 1.165) is 17.7 Å². The van der Waals surface area contributed by atoms with Crippen molar-refractivity contribution >= 4 is 5.91 Å². The molecule has 0 saturated carbocycles. The maximum atomic E-state index is 13.3. The number of nitrogens with one attached hydrogen (secondary N) is 1. The predicted molar refractivity (Wildman–Crippen MR) is 62.8 cm³/mol. The van der Waals surface area contributed by atoms with Crippen molar-refractivity contribution in [1.82, 2.24) is 5.32 Å². The van der Waals surface area contributed by atoms with Crippen LogP contribution in [-0.2, 0) is 6.54 Å². The van der Waals surface area contributed by atoms with Gasteiger partial charge in [0, 0.05) is 6.54 Å². The number of amides is 1. The fraction of sp³-hybridized carbons (Fsp3) is 0.0714. The maximum Gasteiger partial charge on any atom is 0.257 e. The number of rotatable bonds is 3. The second kappa shape index (κ2) is 5.40. The molecule has 0 fully saturated rings. The highest BCUT2D eigenvalue weighted by Crippen LogP contribution is 2.11. The summed E-state index contributed by atoms with van der Waals surface area (Å²) in [6.07, 6.45) is 0. The SMILES string of the molecule is O=C(NCc1c[c]ccc1)c1c(F)cccc1F. The molecule has 0 aliphatic carbocycles. The van der Waals surface area contributed by atoms with Gasteiger partial charge < -0.3 is 5.32 Å². The minimum absolute atomic E-state index is 0.198. The van der Waals surface area contributed by atoms with Crippen LogP contribution in [0.15, 0.2) is 42.5 Å². The van der Waals surface area contributed by atoms with Gasteiger partial charge >= 0.3 is 0 Å². The van der Waals surface area contributed by atoms with Crippen LogP contribution in [-0.4, -0.2) is 5.91 Å². The van der Waals surface area contributed by atoms with Crippen molar-refractivity contribution in [2.75, 3.05) is 0 Å². The number of carbonyl (C=O) groups is 1. The summed E-state index contributed by atoms with van der Waals surface area (Å²) in [6, 6.07) is 13.1. The zero-order chi connectivity index (χ0) is 13.0. The van der Waals surface area contributed by atoms with E-state index in [2.05, 4.69) is 11.4 Å². The lowest BCUT2D eigenvalue weighted by Crippen LogP contribution is -2.25. The van der Waals surface area contributed by atoms with Gasteiger partial charge in [0.15, 0.2) is 0 Å². The molecule has 1 N–H and O–H groups in total. The molecule has 4 heteroatoms. The van der Waals surface area contributed by atoms with Crippen molar-refractivity contribution in [2.24, 2.45) is 0 Å². The first-order valence-electron chi connectivity index (χ1n) is 5.35. The fourth-order valence-electron chi connectivity index (χ4n) is 1.53. The third kappa shape index (κ3) is 2.71. The average molecular weight is 246 g/mol. The lowest BCUT2D eigenvalue weighted by Gasteiger charge is -2.06. The average Bonchev–Trinajstić information content (AvgIpc) is 2.37. The van der Waals surface area contributed by atoms with E-state index in [1.807, 2.05) is 0 Å². The first kappa shape index (κ1) is 12.2. The van der Waals surface area contributed by atoms with Gasteiger partial charge in [0.05, 0.1) is 0 Å². The molecule has 2 nitrogen and oxygen atoms in total. The molecule has 2 rings (SSSR count). The number of hydrogen-bond donors (Lipinski definition) is 1. The van der Waals surface area contributed by atoms with Crippen LogP contribution in [0.3, 0.4) is 0 Å².